The third-order valence-corrected chi connectivity index (χ3v) is 11.0. The van der Waals surface area contributed by atoms with E-state index >= 15 is 0 Å². The molecule has 18 heteroatoms. The van der Waals surface area contributed by atoms with Crippen LogP contribution in [-0.2, 0) is 24.3 Å². The van der Waals surface area contributed by atoms with E-state index in [9.17, 15) is 20.7 Å². The van der Waals surface area contributed by atoms with Gasteiger partial charge in [-0.2, -0.15) is 10.5 Å². The highest BCUT2D eigenvalue weighted by molar-refractivity contribution is 5.73. The van der Waals surface area contributed by atoms with Crippen molar-refractivity contribution in [2.75, 3.05) is 18.5 Å². The number of hydrogen-bond acceptors (Lipinski definition) is 17. The maximum atomic E-state index is 11.9. The summed E-state index contributed by atoms with van der Waals surface area (Å²) in [6.07, 6.45) is 3.48. The largest absolute Gasteiger partial charge is 0.384 e. The fourth-order valence-electron chi connectivity index (χ4n) is 7.79. The summed E-state index contributed by atoms with van der Waals surface area (Å²) < 4.78 is 1.60. The first kappa shape index (κ1) is 42.5. The first-order valence-electron chi connectivity index (χ1n) is 20.2. The van der Waals surface area contributed by atoms with Crippen molar-refractivity contribution in [2.24, 2.45) is 0 Å². The standard InChI is InChI=1S/C46H44N16O2/c1-27-29(20-47)10-6-14-33(27)35-18-37(55-43(49)53-35)39-24-61(58-57-39)22-31-12-8-16-41(51-31)45(3,63)26-46(4,64)42-17-9-13-32(52-42)23-62-25-40(60(5)59-62)38-19-36(54-44(50)56-38)34-15-7-11-30(21-48)28(34)2/h6-19,24-25,59,63-64H,22-23,26H2,1-5H3,(H2,49,53,55)(H2,50,54,56). The van der Waals surface area contributed by atoms with Gasteiger partial charge in [0.25, 0.3) is 0 Å². The van der Waals surface area contributed by atoms with Crippen LogP contribution in [0.5, 0.6) is 0 Å². The van der Waals surface area contributed by atoms with E-state index in [4.69, 9.17) is 21.4 Å². The van der Waals surface area contributed by atoms with Crippen molar-refractivity contribution in [1.82, 2.24) is 60.5 Å². The molecule has 0 radical (unpaired) electrons. The Balaban J connectivity index is 0.953. The van der Waals surface area contributed by atoms with Crippen molar-refractivity contribution in [1.29, 1.82) is 10.5 Å². The molecular weight excluding hydrogens is 809 g/mol. The van der Waals surface area contributed by atoms with Crippen LogP contribution in [0.4, 0.5) is 11.9 Å². The molecule has 6 heterocycles. The summed E-state index contributed by atoms with van der Waals surface area (Å²) in [6, 6.07) is 29.6. The maximum Gasteiger partial charge on any atom is 0.221 e. The average molecular weight is 853 g/mol. The second kappa shape index (κ2) is 17.0. The molecule has 8 rings (SSSR count). The number of hydrazine groups is 2. The minimum Gasteiger partial charge on any atom is -0.384 e. The van der Waals surface area contributed by atoms with E-state index < -0.39 is 11.2 Å². The lowest BCUT2D eigenvalue weighted by Gasteiger charge is -2.32. The van der Waals surface area contributed by atoms with Crippen LogP contribution < -0.4 is 17.0 Å². The molecule has 2 atom stereocenters. The van der Waals surface area contributed by atoms with Gasteiger partial charge >= 0.3 is 0 Å². The van der Waals surface area contributed by atoms with Crippen molar-refractivity contribution in [3.63, 3.8) is 0 Å². The number of nitrogens with two attached hydrogens (primary N) is 2. The molecule has 18 nitrogen and oxygen atoms in total. The van der Waals surface area contributed by atoms with Crippen molar-refractivity contribution in [3.8, 4) is 46.0 Å². The molecule has 1 aliphatic heterocycles. The number of anilines is 2. The Bertz CT molecular complexity index is 3040. The predicted molar refractivity (Wildman–Crippen MR) is 237 cm³/mol. The van der Waals surface area contributed by atoms with Gasteiger partial charge in [0, 0.05) is 30.8 Å². The van der Waals surface area contributed by atoms with Crippen LogP contribution in [0.2, 0.25) is 0 Å². The van der Waals surface area contributed by atoms with Gasteiger partial charge < -0.3 is 21.7 Å². The van der Waals surface area contributed by atoms with Crippen molar-refractivity contribution >= 4 is 17.6 Å². The number of hydrogen-bond donors (Lipinski definition) is 5. The highest BCUT2D eigenvalue weighted by atomic mass is 16.3. The molecule has 0 saturated heterocycles. The third-order valence-electron chi connectivity index (χ3n) is 11.0. The van der Waals surface area contributed by atoms with Crippen LogP contribution in [0.1, 0.15) is 71.0 Å². The molecule has 5 aromatic heterocycles. The molecule has 0 aliphatic carbocycles. The van der Waals surface area contributed by atoms with E-state index in [1.54, 1.807) is 72.2 Å². The molecule has 1 aliphatic rings. The second-order valence-electron chi connectivity index (χ2n) is 16.0. The van der Waals surface area contributed by atoms with Crippen LogP contribution >= 0.6 is 0 Å². The summed E-state index contributed by atoms with van der Waals surface area (Å²) >= 11 is 0. The molecule has 0 fully saturated rings. The van der Waals surface area contributed by atoms with Crippen molar-refractivity contribution < 1.29 is 10.2 Å². The molecule has 64 heavy (non-hydrogen) atoms. The van der Waals surface area contributed by atoms with Gasteiger partial charge in [-0.15, -0.1) is 10.6 Å². The summed E-state index contributed by atoms with van der Waals surface area (Å²) in [7, 11) is 1.85. The zero-order valence-electron chi connectivity index (χ0n) is 35.7. The normalized spacial score (nSPS) is 14.4. The van der Waals surface area contributed by atoms with Gasteiger partial charge in [-0.1, -0.05) is 41.6 Å². The smallest absolute Gasteiger partial charge is 0.221 e. The fourth-order valence-corrected chi connectivity index (χ4v) is 7.79. The zero-order valence-corrected chi connectivity index (χ0v) is 35.7. The summed E-state index contributed by atoms with van der Waals surface area (Å²) in [4.78, 5) is 27.3. The van der Waals surface area contributed by atoms with E-state index in [1.165, 1.54) is 0 Å². The number of aliphatic hydroxyl groups is 2. The Labute approximate surface area is 368 Å². The molecule has 0 bridgehead atoms. The molecule has 2 unspecified atom stereocenters. The molecular formula is C46H44N16O2. The van der Waals surface area contributed by atoms with Crippen LogP contribution in [0.15, 0.2) is 97.3 Å². The zero-order chi connectivity index (χ0) is 45.3. The number of benzene rings is 2. The quantitative estimate of drug-likeness (QED) is 0.109. The second-order valence-corrected chi connectivity index (χ2v) is 16.0. The van der Waals surface area contributed by atoms with E-state index in [-0.39, 0.29) is 24.9 Å². The lowest BCUT2D eigenvalue weighted by Crippen LogP contribution is -2.38. The molecule has 7 aromatic rings. The summed E-state index contributed by atoms with van der Waals surface area (Å²) in [5.41, 5.74) is 22.0. The number of pyridine rings is 2. The Kier molecular flexibility index (Phi) is 11.3. The van der Waals surface area contributed by atoms with Gasteiger partial charge in [0.2, 0.25) is 11.9 Å². The summed E-state index contributed by atoms with van der Waals surface area (Å²) in [5.74, 6) is 0.148. The minimum absolute atomic E-state index is 0.0535. The summed E-state index contributed by atoms with van der Waals surface area (Å²) in [6.45, 7) is 7.50. The Morgan fingerprint density at radius 2 is 1.16 bits per heavy atom. The van der Waals surface area contributed by atoms with Gasteiger partial charge in [0.1, 0.15) is 16.9 Å². The number of nitrogens with one attached hydrogen (secondary N) is 1. The molecule has 320 valence electrons. The monoisotopic (exact) mass is 852 g/mol. The highest BCUT2D eigenvalue weighted by Crippen LogP contribution is 2.36. The van der Waals surface area contributed by atoms with Crippen molar-refractivity contribution in [2.45, 2.75) is 58.4 Å². The number of aromatic nitrogens is 9. The average Bonchev–Trinajstić information content (AvgIpc) is 3.89. The van der Waals surface area contributed by atoms with E-state index in [0.717, 1.165) is 28.0 Å². The Morgan fingerprint density at radius 3 is 1.72 bits per heavy atom. The predicted octanol–water partition coefficient (Wildman–Crippen LogP) is 4.89. The SMILES string of the molecule is Cc1c(C#N)cccc1-c1cc(C2=CN(Cc3cccc(C(C)(O)CC(C)(O)c4cccc(Cn5cc(-c6cc(-c7cccc(C#N)c7C)nc(N)n6)nn5)n4)n3)NN2C)nc(N)n1. The van der Waals surface area contributed by atoms with Gasteiger partial charge in [-0.25, -0.2) is 24.6 Å². The number of rotatable bonds is 12. The number of nitrogen functional groups attached to an aromatic ring is 2. The topological polar surface area (TPSA) is 267 Å². The van der Waals surface area contributed by atoms with Gasteiger partial charge in [-0.3, -0.25) is 20.0 Å². The molecule has 2 aromatic carbocycles. The van der Waals surface area contributed by atoms with Gasteiger partial charge in [0.15, 0.2) is 0 Å². The molecule has 0 spiro atoms. The minimum atomic E-state index is -1.57. The molecule has 7 N–H and O–H groups in total. The highest BCUT2D eigenvalue weighted by Gasteiger charge is 2.37. The molecule has 0 saturated carbocycles. The van der Waals surface area contributed by atoms with Gasteiger partial charge in [-0.05, 0) is 87.4 Å². The Morgan fingerprint density at radius 1 is 0.656 bits per heavy atom. The summed E-state index contributed by atoms with van der Waals surface area (Å²) in [5, 5.41) is 55.0. The third kappa shape index (κ3) is 8.78. The maximum absolute atomic E-state index is 11.9. The van der Waals surface area contributed by atoms with Crippen LogP contribution in [0.3, 0.4) is 0 Å². The van der Waals surface area contributed by atoms with Gasteiger partial charge in [0.05, 0.1) is 93.8 Å². The Hall–Kier alpha value is -8.16. The van der Waals surface area contributed by atoms with Crippen LogP contribution in [0, 0.1) is 36.5 Å². The lowest BCUT2D eigenvalue weighted by molar-refractivity contribution is -0.0570. The number of nitrogens with zero attached hydrogens (tertiary/aromatic N) is 13. The first-order valence-corrected chi connectivity index (χ1v) is 20.2. The number of nitriles is 2. The lowest BCUT2D eigenvalue weighted by atomic mass is 9.84. The van der Waals surface area contributed by atoms with Crippen LogP contribution in [-0.4, -0.2) is 72.2 Å². The molecule has 0 amide bonds. The van der Waals surface area contributed by atoms with E-state index in [1.807, 2.05) is 74.6 Å². The van der Waals surface area contributed by atoms with E-state index in [0.29, 0.717) is 68.9 Å². The van der Waals surface area contributed by atoms with Crippen molar-refractivity contribution in [3.05, 3.63) is 148 Å². The fraction of sp³-hybridized carbons (Fsp3) is 0.217. The van der Waals surface area contributed by atoms with E-state index in [2.05, 4.69) is 47.9 Å². The first-order chi connectivity index (χ1) is 30.6. The van der Waals surface area contributed by atoms with Crippen LogP contribution in [0.25, 0.3) is 39.6 Å².